The lowest BCUT2D eigenvalue weighted by molar-refractivity contribution is -0.148. The second kappa shape index (κ2) is 5.26. The molecule has 2 heterocycles. The Morgan fingerprint density at radius 2 is 1.90 bits per heavy atom. The predicted molar refractivity (Wildman–Crippen MR) is 76.6 cm³/mol. The van der Waals surface area contributed by atoms with E-state index in [1.807, 2.05) is 11.8 Å². The van der Waals surface area contributed by atoms with Gasteiger partial charge in [0.05, 0.1) is 5.41 Å². The van der Waals surface area contributed by atoms with Crippen LogP contribution in [0.5, 0.6) is 0 Å². The number of hydrogen-bond acceptors (Lipinski definition) is 2. The van der Waals surface area contributed by atoms with Crippen molar-refractivity contribution in [2.24, 2.45) is 5.41 Å². The van der Waals surface area contributed by atoms with Crippen LogP contribution in [0, 0.1) is 5.41 Å². The Balaban J connectivity index is 2.09. The summed E-state index contributed by atoms with van der Waals surface area (Å²) in [6.07, 6.45) is 4.12. The third-order valence-corrected chi connectivity index (χ3v) is 4.94. The average Bonchev–Trinajstić information content (AvgIpc) is 2.93. The molecule has 2 rings (SSSR count). The van der Waals surface area contributed by atoms with Crippen LogP contribution in [0.1, 0.15) is 52.9 Å². The fourth-order valence-electron chi connectivity index (χ4n) is 3.63. The molecular weight excluding hydrogens is 256 g/mol. The summed E-state index contributed by atoms with van der Waals surface area (Å²) < 4.78 is 0. The predicted octanol–water partition coefficient (Wildman–Crippen LogP) is 2.56. The van der Waals surface area contributed by atoms with E-state index in [4.69, 9.17) is 0 Å². The van der Waals surface area contributed by atoms with Crippen molar-refractivity contribution in [2.75, 3.05) is 19.6 Å². The summed E-state index contributed by atoms with van der Waals surface area (Å²) in [5, 5.41) is 9.51. The van der Waals surface area contributed by atoms with Crippen LogP contribution in [0.2, 0.25) is 0 Å². The SMILES string of the molecule is CCCC1(C(=O)O)CCN(C(=O)N2CCCC2(C)C)C1. The molecule has 114 valence electrons. The molecule has 2 saturated heterocycles. The minimum absolute atomic E-state index is 0.0201. The Labute approximate surface area is 120 Å². The summed E-state index contributed by atoms with van der Waals surface area (Å²) >= 11 is 0. The molecule has 1 atom stereocenters. The van der Waals surface area contributed by atoms with E-state index in [0.717, 1.165) is 25.8 Å². The van der Waals surface area contributed by atoms with E-state index >= 15 is 0 Å². The molecule has 2 amide bonds. The molecule has 1 N–H and O–H groups in total. The normalized spacial score (nSPS) is 28.9. The number of aliphatic carboxylic acids is 1. The molecule has 0 radical (unpaired) electrons. The summed E-state index contributed by atoms with van der Waals surface area (Å²) in [7, 11) is 0. The summed E-state index contributed by atoms with van der Waals surface area (Å²) in [5.41, 5.74) is -0.829. The molecule has 0 spiro atoms. The number of carbonyl (C=O) groups excluding carboxylic acids is 1. The zero-order valence-electron chi connectivity index (χ0n) is 12.8. The first kappa shape index (κ1) is 15.1. The van der Waals surface area contributed by atoms with Gasteiger partial charge in [0.2, 0.25) is 0 Å². The van der Waals surface area contributed by atoms with Crippen molar-refractivity contribution in [3.8, 4) is 0 Å². The molecule has 0 aromatic carbocycles. The minimum atomic E-state index is -0.754. The molecule has 2 fully saturated rings. The molecule has 0 aromatic heterocycles. The average molecular weight is 282 g/mol. The van der Waals surface area contributed by atoms with Gasteiger partial charge in [-0.3, -0.25) is 4.79 Å². The van der Waals surface area contributed by atoms with Gasteiger partial charge in [-0.05, 0) is 39.5 Å². The lowest BCUT2D eigenvalue weighted by Gasteiger charge is -2.35. The molecule has 0 aromatic rings. The van der Waals surface area contributed by atoms with Gasteiger partial charge < -0.3 is 14.9 Å². The van der Waals surface area contributed by atoms with Gasteiger partial charge in [0.25, 0.3) is 0 Å². The standard InChI is InChI=1S/C15H26N2O3/c1-4-6-15(12(18)19)8-10-16(11-15)13(20)17-9-5-7-14(17,2)3/h4-11H2,1-3H3,(H,18,19). The second-order valence-corrected chi connectivity index (χ2v) is 6.86. The number of carboxylic acid groups (broad SMARTS) is 1. The maximum atomic E-state index is 12.6. The van der Waals surface area contributed by atoms with Crippen LogP contribution in [0.3, 0.4) is 0 Å². The molecule has 0 bridgehead atoms. The van der Waals surface area contributed by atoms with Crippen LogP contribution < -0.4 is 0 Å². The van der Waals surface area contributed by atoms with Gasteiger partial charge in [0.15, 0.2) is 0 Å². The number of nitrogens with zero attached hydrogens (tertiary/aromatic N) is 2. The number of urea groups is 1. The topological polar surface area (TPSA) is 60.9 Å². The van der Waals surface area contributed by atoms with Crippen LogP contribution >= 0.6 is 0 Å². The van der Waals surface area contributed by atoms with Crippen LogP contribution in [0.15, 0.2) is 0 Å². The summed E-state index contributed by atoms with van der Waals surface area (Å²) in [6, 6.07) is 0.0201. The smallest absolute Gasteiger partial charge is 0.320 e. The number of rotatable bonds is 3. The lowest BCUT2D eigenvalue weighted by atomic mass is 9.83. The maximum Gasteiger partial charge on any atom is 0.320 e. The third-order valence-electron chi connectivity index (χ3n) is 4.94. The molecule has 20 heavy (non-hydrogen) atoms. The summed E-state index contributed by atoms with van der Waals surface area (Å²) in [4.78, 5) is 27.9. The van der Waals surface area contributed by atoms with Crippen LogP contribution in [0.25, 0.3) is 0 Å². The van der Waals surface area contributed by atoms with Crippen molar-refractivity contribution in [3.05, 3.63) is 0 Å². The van der Waals surface area contributed by atoms with Gasteiger partial charge in [-0.15, -0.1) is 0 Å². The number of carboxylic acids is 1. The first-order valence-corrected chi connectivity index (χ1v) is 7.62. The summed E-state index contributed by atoms with van der Waals surface area (Å²) in [6.45, 7) is 7.89. The fourth-order valence-corrected chi connectivity index (χ4v) is 3.63. The monoisotopic (exact) mass is 282 g/mol. The van der Waals surface area contributed by atoms with Gasteiger partial charge in [-0.25, -0.2) is 4.79 Å². The zero-order valence-corrected chi connectivity index (χ0v) is 12.8. The highest BCUT2D eigenvalue weighted by molar-refractivity contribution is 5.80. The van der Waals surface area contributed by atoms with Crippen LogP contribution in [0.4, 0.5) is 4.79 Å². The van der Waals surface area contributed by atoms with Gasteiger partial charge in [-0.1, -0.05) is 13.3 Å². The van der Waals surface area contributed by atoms with E-state index in [0.29, 0.717) is 25.9 Å². The lowest BCUT2D eigenvalue weighted by Crippen LogP contribution is -2.50. The molecule has 5 nitrogen and oxygen atoms in total. The van der Waals surface area contributed by atoms with E-state index in [1.54, 1.807) is 4.90 Å². The maximum absolute atomic E-state index is 12.6. The molecule has 2 aliphatic heterocycles. The van der Waals surface area contributed by atoms with E-state index in [-0.39, 0.29) is 11.6 Å². The van der Waals surface area contributed by atoms with Crippen molar-refractivity contribution in [3.63, 3.8) is 0 Å². The largest absolute Gasteiger partial charge is 0.481 e. The van der Waals surface area contributed by atoms with Crippen LogP contribution in [-0.4, -0.2) is 52.1 Å². The molecular formula is C15H26N2O3. The Morgan fingerprint density at radius 3 is 2.40 bits per heavy atom. The molecule has 0 saturated carbocycles. The first-order chi connectivity index (χ1) is 9.32. The van der Waals surface area contributed by atoms with E-state index in [9.17, 15) is 14.7 Å². The zero-order chi connectivity index (χ0) is 15.0. The van der Waals surface area contributed by atoms with Gasteiger partial charge in [0.1, 0.15) is 0 Å². The van der Waals surface area contributed by atoms with E-state index < -0.39 is 11.4 Å². The first-order valence-electron chi connectivity index (χ1n) is 7.62. The fraction of sp³-hybridized carbons (Fsp3) is 0.867. The highest BCUT2D eigenvalue weighted by Crippen LogP contribution is 2.37. The van der Waals surface area contributed by atoms with Gasteiger partial charge in [0, 0.05) is 25.2 Å². The Bertz CT molecular complexity index is 408. The quantitative estimate of drug-likeness (QED) is 0.865. The second-order valence-electron chi connectivity index (χ2n) is 6.86. The van der Waals surface area contributed by atoms with Gasteiger partial charge >= 0.3 is 12.0 Å². The Hall–Kier alpha value is -1.26. The van der Waals surface area contributed by atoms with E-state index in [1.165, 1.54) is 0 Å². The number of likely N-dealkylation sites (tertiary alicyclic amines) is 2. The van der Waals surface area contributed by atoms with Crippen molar-refractivity contribution < 1.29 is 14.7 Å². The highest BCUT2D eigenvalue weighted by atomic mass is 16.4. The molecule has 2 aliphatic rings. The van der Waals surface area contributed by atoms with Gasteiger partial charge in [-0.2, -0.15) is 0 Å². The third kappa shape index (κ3) is 2.50. The Morgan fingerprint density at radius 1 is 1.20 bits per heavy atom. The van der Waals surface area contributed by atoms with Crippen LogP contribution in [-0.2, 0) is 4.79 Å². The highest BCUT2D eigenvalue weighted by Gasteiger charge is 2.47. The van der Waals surface area contributed by atoms with Crippen molar-refractivity contribution in [1.82, 2.24) is 9.80 Å². The molecule has 1 unspecified atom stereocenters. The molecule has 5 heteroatoms. The molecule has 0 aliphatic carbocycles. The minimum Gasteiger partial charge on any atom is -0.481 e. The van der Waals surface area contributed by atoms with Crippen molar-refractivity contribution in [1.29, 1.82) is 0 Å². The number of hydrogen-bond donors (Lipinski definition) is 1. The van der Waals surface area contributed by atoms with Crippen molar-refractivity contribution in [2.45, 2.75) is 58.4 Å². The Kier molecular flexibility index (Phi) is 3.98. The summed E-state index contributed by atoms with van der Waals surface area (Å²) in [5.74, 6) is -0.754. The number of amides is 2. The van der Waals surface area contributed by atoms with E-state index in [2.05, 4.69) is 13.8 Å². The number of carbonyl (C=O) groups is 2. The van der Waals surface area contributed by atoms with Crippen molar-refractivity contribution >= 4 is 12.0 Å².